The number of aliphatic hydroxyl groups is 2. The summed E-state index contributed by atoms with van der Waals surface area (Å²) in [5.74, 6) is -0.438. The molecular weight excluding hydrogens is 303 g/mol. The molecule has 2 unspecified atom stereocenters. The highest BCUT2D eigenvalue weighted by molar-refractivity contribution is 5.83. The molecule has 1 aromatic heterocycles. The molecule has 0 spiro atoms. The molecule has 6 nitrogen and oxygen atoms in total. The van der Waals surface area contributed by atoms with E-state index in [1.807, 2.05) is 0 Å². The Balaban J connectivity index is 2.03. The van der Waals surface area contributed by atoms with E-state index in [9.17, 15) is 19.4 Å². The van der Waals surface area contributed by atoms with Crippen LogP contribution in [0, 0.1) is 5.82 Å². The minimum absolute atomic E-state index is 0.196. The maximum atomic E-state index is 13.3. The summed E-state index contributed by atoms with van der Waals surface area (Å²) in [5.41, 5.74) is 0.355. The number of carbonyl (C=O) groups is 1. The van der Waals surface area contributed by atoms with Gasteiger partial charge in [-0.25, -0.2) is 9.18 Å². The monoisotopic (exact) mass is 324 g/mol. The van der Waals surface area contributed by atoms with Crippen LogP contribution in [0.25, 0.3) is 10.9 Å². The van der Waals surface area contributed by atoms with Gasteiger partial charge in [-0.15, -0.1) is 0 Å². The van der Waals surface area contributed by atoms with E-state index in [1.165, 1.54) is 18.3 Å². The van der Waals surface area contributed by atoms with Crippen LogP contribution in [-0.4, -0.2) is 39.5 Å². The quantitative estimate of drug-likeness (QED) is 0.693. The molecule has 23 heavy (non-hydrogen) atoms. The summed E-state index contributed by atoms with van der Waals surface area (Å²) in [6, 6.07) is 4.13. The molecule has 0 saturated carbocycles. The number of hydrogen-bond donors (Lipinski definition) is 4. The third-order valence-corrected chi connectivity index (χ3v) is 3.21. The van der Waals surface area contributed by atoms with Crippen LogP contribution in [0.15, 0.2) is 24.4 Å². The zero-order chi connectivity index (χ0) is 17.2. The van der Waals surface area contributed by atoms with Crippen LogP contribution in [-0.2, 0) is 4.74 Å². The van der Waals surface area contributed by atoms with Crippen molar-refractivity contribution in [1.82, 2.24) is 10.3 Å². The molecule has 2 aromatic rings. The molecule has 0 aliphatic carbocycles. The van der Waals surface area contributed by atoms with E-state index in [2.05, 4.69) is 10.3 Å². The Morgan fingerprint density at radius 3 is 2.74 bits per heavy atom. The van der Waals surface area contributed by atoms with Crippen molar-refractivity contribution in [2.75, 3.05) is 6.54 Å². The Morgan fingerprint density at radius 1 is 1.39 bits per heavy atom. The maximum Gasteiger partial charge on any atom is 0.407 e. The van der Waals surface area contributed by atoms with Gasteiger partial charge in [0.1, 0.15) is 23.6 Å². The lowest BCUT2D eigenvalue weighted by Crippen LogP contribution is -2.38. The van der Waals surface area contributed by atoms with Crippen molar-refractivity contribution in [1.29, 1.82) is 0 Å². The highest BCUT2D eigenvalue weighted by atomic mass is 19.1. The van der Waals surface area contributed by atoms with Gasteiger partial charge >= 0.3 is 6.09 Å². The lowest BCUT2D eigenvalue weighted by atomic mass is 10.0. The second kappa shape index (κ2) is 6.55. The van der Waals surface area contributed by atoms with Gasteiger partial charge in [0.2, 0.25) is 0 Å². The number of ether oxygens (including phenoxy) is 1. The van der Waals surface area contributed by atoms with Crippen LogP contribution in [0.3, 0.4) is 0 Å². The van der Waals surface area contributed by atoms with Crippen LogP contribution in [0.4, 0.5) is 9.18 Å². The first-order chi connectivity index (χ1) is 10.7. The fourth-order valence-corrected chi connectivity index (χ4v) is 2.18. The first-order valence-corrected chi connectivity index (χ1v) is 7.27. The van der Waals surface area contributed by atoms with Gasteiger partial charge in [0, 0.05) is 29.2 Å². The highest BCUT2D eigenvalue weighted by Gasteiger charge is 2.23. The third-order valence-electron chi connectivity index (χ3n) is 3.21. The van der Waals surface area contributed by atoms with Gasteiger partial charge in [-0.05, 0) is 39.0 Å². The molecule has 1 heterocycles. The molecule has 0 aliphatic heterocycles. The van der Waals surface area contributed by atoms with E-state index in [0.717, 1.165) is 0 Å². The number of amides is 1. The number of carbonyl (C=O) groups excluding carboxylic acids is 1. The normalized spacial score (nSPS) is 14.5. The van der Waals surface area contributed by atoms with Gasteiger partial charge in [0.15, 0.2) is 0 Å². The van der Waals surface area contributed by atoms with Crippen molar-refractivity contribution in [2.45, 2.75) is 38.6 Å². The van der Waals surface area contributed by atoms with E-state index >= 15 is 0 Å². The third kappa shape index (κ3) is 4.43. The van der Waals surface area contributed by atoms with Crippen LogP contribution in [0.2, 0.25) is 0 Å². The zero-order valence-corrected chi connectivity index (χ0v) is 13.3. The Hall–Kier alpha value is -2.12. The lowest BCUT2D eigenvalue weighted by molar-refractivity contribution is 0.0136. The summed E-state index contributed by atoms with van der Waals surface area (Å²) in [4.78, 5) is 14.4. The van der Waals surface area contributed by atoms with Gasteiger partial charge in [0.05, 0.1) is 0 Å². The molecule has 0 saturated heterocycles. The molecule has 4 N–H and O–H groups in total. The number of aliphatic hydroxyl groups excluding tert-OH is 2. The van der Waals surface area contributed by atoms with E-state index in [-0.39, 0.29) is 6.54 Å². The van der Waals surface area contributed by atoms with Crippen LogP contribution in [0.5, 0.6) is 0 Å². The van der Waals surface area contributed by atoms with E-state index in [0.29, 0.717) is 16.5 Å². The van der Waals surface area contributed by atoms with Gasteiger partial charge in [-0.2, -0.15) is 0 Å². The van der Waals surface area contributed by atoms with Gasteiger partial charge in [0.25, 0.3) is 0 Å². The standard InChI is InChI=1S/C16H21FN2O4/c1-16(2,3)23-15(22)19-8-13(20)14(21)11-7-18-12-5-4-9(17)6-10(11)12/h4-7,13-14,18,20-21H,8H2,1-3H3,(H,19,22). The number of fused-ring (bicyclic) bond motifs is 1. The molecule has 2 atom stereocenters. The predicted octanol–water partition coefficient (Wildman–Crippen LogP) is 2.23. The SMILES string of the molecule is CC(C)(C)OC(=O)NCC(O)C(O)c1c[nH]c2ccc(F)cc12. The van der Waals surface area contributed by atoms with E-state index in [1.54, 1.807) is 26.8 Å². The molecule has 1 amide bonds. The van der Waals surface area contributed by atoms with Gasteiger partial charge in [-0.1, -0.05) is 0 Å². The van der Waals surface area contributed by atoms with Crippen LogP contribution >= 0.6 is 0 Å². The number of H-pyrrole nitrogens is 1. The summed E-state index contributed by atoms with van der Waals surface area (Å²) in [6.45, 7) is 4.97. The van der Waals surface area contributed by atoms with E-state index < -0.39 is 29.7 Å². The smallest absolute Gasteiger partial charge is 0.407 e. The maximum absolute atomic E-state index is 13.3. The molecule has 2 rings (SSSR count). The average molecular weight is 324 g/mol. The number of hydrogen-bond acceptors (Lipinski definition) is 4. The number of aromatic amines is 1. The molecule has 0 aliphatic rings. The Morgan fingerprint density at radius 2 is 2.09 bits per heavy atom. The summed E-state index contributed by atoms with van der Waals surface area (Å²) < 4.78 is 18.4. The predicted molar refractivity (Wildman–Crippen MR) is 83.5 cm³/mol. The number of rotatable bonds is 4. The van der Waals surface area contributed by atoms with Crippen molar-refractivity contribution >= 4 is 17.0 Å². The molecular formula is C16H21FN2O4. The second-order valence-corrected chi connectivity index (χ2v) is 6.33. The van der Waals surface area contributed by atoms with Crippen molar-refractivity contribution in [3.05, 3.63) is 35.8 Å². The number of benzene rings is 1. The fraction of sp³-hybridized carbons (Fsp3) is 0.438. The second-order valence-electron chi connectivity index (χ2n) is 6.33. The molecule has 0 fully saturated rings. The minimum atomic E-state index is -1.28. The first kappa shape index (κ1) is 17.2. The van der Waals surface area contributed by atoms with E-state index in [4.69, 9.17) is 4.74 Å². The van der Waals surface area contributed by atoms with Gasteiger partial charge < -0.3 is 25.3 Å². The first-order valence-electron chi connectivity index (χ1n) is 7.27. The largest absolute Gasteiger partial charge is 0.444 e. The Bertz CT molecular complexity index is 693. The molecule has 7 heteroatoms. The molecule has 126 valence electrons. The average Bonchev–Trinajstić information content (AvgIpc) is 2.85. The van der Waals surface area contributed by atoms with Crippen LogP contribution in [0.1, 0.15) is 32.4 Å². The number of halogens is 1. The van der Waals surface area contributed by atoms with Crippen LogP contribution < -0.4 is 5.32 Å². The summed E-state index contributed by atoms with van der Waals surface area (Å²) in [5, 5.41) is 23.1. The zero-order valence-electron chi connectivity index (χ0n) is 13.3. The van der Waals surface area contributed by atoms with Gasteiger partial charge in [-0.3, -0.25) is 0 Å². The number of aromatic nitrogens is 1. The van der Waals surface area contributed by atoms with Crippen molar-refractivity contribution in [3.8, 4) is 0 Å². The molecule has 1 aromatic carbocycles. The minimum Gasteiger partial charge on any atom is -0.444 e. The summed E-state index contributed by atoms with van der Waals surface area (Å²) >= 11 is 0. The fourth-order valence-electron chi connectivity index (χ4n) is 2.18. The summed E-state index contributed by atoms with van der Waals surface area (Å²) in [7, 11) is 0. The van der Waals surface area contributed by atoms with Crippen molar-refractivity contribution in [3.63, 3.8) is 0 Å². The number of nitrogens with one attached hydrogen (secondary N) is 2. The lowest BCUT2D eigenvalue weighted by Gasteiger charge is -2.22. The Kier molecular flexibility index (Phi) is 4.91. The van der Waals surface area contributed by atoms with Crippen molar-refractivity contribution in [2.24, 2.45) is 0 Å². The number of alkyl carbamates (subject to hydrolysis) is 1. The van der Waals surface area contributed by atoms with Crippen molar-refractivity contribution < 1.29 is 24.1 Å². The molecule has 0 radical (unpaired) electrons. The Labute approximate surface area is 133 Å². The summed E-state index contributed by atoms with van der Waals surface area (Å²) in [6.07, 6.45) is -1.72. The topological polar surface area (TPSA) is 94.6 Å². The molecule has 0 bridgehead atoms. The highest BCUT2D eigenvalue weighted by Crippen LogP contribution is 2.26.